The Morgan fingerprint density at radius 1 is 1.44 bits per heavy atom. The van der Waals surface area contributed by atoms with Gasteiger partial charge in [-0.25, -0.2) is 0 Å². The maximum atomic E-state index is 10.7. The summed E-state index contributed by atoms with van der Waals surface area (Å²) >= 11 is 1.60. The van der Waals surface area contributed by atoms with E-state index in [9.17, 15) is 9.90 Å². The maximum absolute atomic E-state index is 10.7. The zero-order valence-electron chi connectivity index (χ0n) is 9.71. The van der Waals surface area contributed by atoms with E-state index < -0.39 is 5.97 Å². The third-order valence-corrected chi connectivity index (χ3v) is 3.33. The normalized spacial score (nSPS) is 10.7. The Hall–Kier alpha value is -2.14. The highest BCUT2D eigenvalue weighted by Crippen LogP contribution is 2.13. The smallest absolute Gasteiger partial charge is 0.0716 e. The van der Waals surface area contributed by atoms with Crippen molar-refractivity contribution < 1.29 is 9.90 Å². The fourth-order valence-electron chi connectivity index (χ4n) is 1.40. The monoisotopic (exact) mass is 259 g/mol. The first-order valence-electron chi connectivity index (χ1n) is 5.31. The number of hydrazone groups is 1. The van der Waals surface area contributed by atoms with Gasteiger partial charge in [0, 0.05) is 4.88 Å². The van der Waals surface area contributed by atoms with Gasteiger partial charge in [-0.05, 0) is 41.6 Å². The lowest BCUT2D eigenvalue weighted by Gasteiger charge is -2.04. The van der Waals surface area contributed by atoms with E-state index in [2.05, 4.69) is 10.5 Å². The summed E-state index contributed by atoms with van der Waals surface area (Å²) in [4.78, 5) is 11.8. The number of carbonyl (C=O) groups excluding carboxylic acids is 1. The van der Waals surface area contributed by atoms with Gasteiger partial charge in [0.1, 0.15) is 0 Å². The molecule has 4 nitrogen and oxygen atoms in total. The molecule has 2 rings (SSSR count). The van der Waals surface area contributed by atoms with Crippen LogP contribution in [0.4, 0.5) is 5.69 Å². The van der Waals surface area contributed by atoms with E-state index in [0.717, 1.165) is 10.4 Å². The van der Waals surface area contributed by atoms with Crippen LogP contribution in [0.15, 0.2) is 40.8 Å². The number of nitrogens with zero attached hydrogens (tertiary/aromatic N) is 1. The van der Waals surface area contributed by atoms with E-state index in [4.69, 9.17) is 0 Å². The molecule has 1 N–H and O–H groups in total. The molecular formula is C13H11N2O2S-. The summed E-state index contributed by atoms with van der Waals surface area (Å²) < 4.78 is 0. The largest absolute Gasteiger partial charge is 0.545 e. The van der Waals surface area contributed by atoms with Crippen molar-refractivity contribution in [1.82, 2.24) is 0 Å². The van der Waals surface area contributed by atoms with Crippen molar-refractivity contribution in [2.75, 3.05) is 5.43 Å². The Kier molecular flexibility index (Phi) is 3.74. The fourth-order valence-corrected chi connectivity index (χ4v) is 2.18. The molecule has 1 heterocycles. The van der Waals surface area contributed by atoms with Crippen molar-refractivity contribution in [3.8, 4) is 0 Å². The molecule has 0 unspecified atom stereocenters. The Bertz CT molecular complexity index is 590. The lowest BCUT2D eigenvalue weighted by Crippen LogP contribution is -2.22. The predicted molar refractivity (Wildman–Crippen MR) is 71.0 cm³/mol. The molecule has 18 heavy (non-hydrogen) atoms. The van der Waals surface area contributed by atoms with Gasteiger partial charge in [-0.2, -0.15) is 5.10 Å². The summed E-state index contributed by atoms with van der Waals surface area (Å²) in [7, 11) is 0. The molecule has 92 valence electrons. The van der Waals surface area contributed by atoms with Crippen molar-refractivity contribution >= 4 is 29.2 Å². The highest BCUT2D eigenvalue weighted by Gasteiger charge is 1.96. The minimum atomic E-state index is -1.20. The van der Waals surface area contributed by atoms with Gasteiger partial charge < -0.3 is 9.90 Å². The van der Waals surface area contributed by atoms with Crippen molar-refractivity contribution in [1.29, 1.82) is 0 Å². The lowest BCUT2D eigenvalue weighted by molar-refractivity contribution is -0.255. The van der Waals surface area contributed by atoms with Crippen LogP contribution in [-0.4, -0.2) is 12.2 Å². The van der Waals surface area contributed by atoms with Gasteiger partial charge in [-0.3, -0.25) is 5.43 Å². The number of hydrogen-bond acceptors (Lipinski definition) is 5. The van der Waals surface area contributed by atoms with E-state index in [0.29, 0.717) is 5.69 Å². The number of aryl methyl sites for hydroxylation is 1. The average molecular weight is 259 g/mol. The zero-order valence-corrected chi connectivity index (χ0v) is 10.5. The third kappa shape index (κ3) is 2.95. The number of thiophene rings is 1. The van der Waals surface area contributed by atoms with Crippen LogP contribution in [-0.2, 0) is 0 Å². The van der Waals surface area contributed by atoms with E-state index in [1.54, 1.807) is 29.7 Å². The first-order valence-corrected chi connectivity index (χ1v) is 6.19. The minimum Gasteiger partial charge on any atom is -0.545 e. The fraction of sp³-hybridized carbons (Fsp3) is 0.0769. The molecule has 0 radical (unpaired) electrons. The van der Waals surface area contributed by atoms with Gasteiger partial charge in [0.05, 0.1) is 17.9 Å². The molecule has 0 atom stereocenters. The van der Waals surface area contributed by atoms with Crippen LogP contribution >= 0.6 is 11.3 Å². The predicted octanol–water partition coefficient (Wildman–Crippen LogP) is 1.87. The maximum Gasteiger partial charge on any atom is 0.0716 e. The molecular weight excluding hydrogens is 248 g/mol. The van der Waals surface area contributed by atoms with Crippen molar-refractivity contribution in [3.63, 3.8) is 0 Å². The van der Waals surface area contributed by atoms with Gasteiger partial charge in [0.25, 0.3) is 0 Å². The number of carbonyl (C=O) groups is 1. The Balaban J connectivity index is 2.06. The Labute approximate surface area is 109 Å². The highest BCUT2D eigenvalue weighted by atomic mass is 32.1. The van der Waals surface area contributed by atoms with Crippen molar-refractivity contribution in [3.05, 3.63) is 51.7 Å². The van der Waals surface area contributed by atoms with Crippen molar-refractivity contribution in [2.24, 2.45) is 5.10 Å². The van der Waals surface area contributed by atoms with Crippen LogP contribution in [0.3, 0.4) is 0 Å². The standard InChI is InChI=1S/C13H12N2O2S/c1-9-5-6-18-12(9)8-14-15-11-4-2-3-10(7-11)13(16)17/h2-8,15H,1H3,(H,16,17)/p-1/b14-8-. The summed E-state index contributed by atoms with van der Waals surface area (Å²) in [5.74, 6) is -1.20. The molecule has 0 bridgehead atoms. The number of nitrogens with one attached hydrogen (secondary N) is 1. The van der Waals surface area contributed by atoms with Gasteiger partial charge in [-0.1, -0.05) is 12.1 Å². The summed E-state index contributed by atoms with van der Waals surface area (Å²) in [6.45, 7) is 2.01. The number of aromatic carboxylic acids is 1. The molecule has 2 aromatic rings. The number of carboxylic acid groups (broad SMARTS) is 1. The van der Waals surface area contributed by atoms with Crippen LogP contribution in [0.1, 0.15) is 20.8 Å². The molecule has 0 fully saturated rings. The summed E-state index contributed by atoms with van der Waals surface area (Å²) in [6.07, 6.45) is 1.71. The molecule has 5 heteroatoms. The number of carboxylic acids is 1. The van der Waals surface area contributed by atoms with Crippen LogP contribution < -0.4 is 10.5 Å². The second-order valence-electron chi connectivity index (χ2n) is 3.71. The van der Waals surface area contributed by atoms with Gasteiger partial charge in [0.2, 0.25) is 0 Å². The zero-order chi connectivity index (χ0) is 13.0. The van der Waals surface area contributed by atoms with Crippen LogP contribution in [0.25, 0.3) is 0 Å². The first-order chi connectivity index (χ1) is 8.66. The molecule has 0 saturated heterocycles. The quantitative estimate of drug-likeness (QED) is 0.673. The molecule has 1 aromatic heterocycles. The Morgan fingerprint density at radius 2 is 2.28 bits per heavy atom. The molecule has 0 aliphatic heterocycles. The number of benzene rings is 1. The third-order valence-electron chi connectivity index (χ3n) is 2.38. The number of rotatable bonds is 4. The van der Waals surface area contributed by atoms with Crippen LogP contribution in [0.2, 0.25) is 0 Å². The van der Waals surface area contributed by atoms with Crippen LogP contribution in [0.5, 0.6) is 0 Å². The van der Waals surface area contributed by atoms with E-state index in [-0.39, 0.29) is 5.56 Å². The molecule has 0 aliphatic carbocycles. The van der Waals surface area contributed by atoms with Crippen LogP contribution in [0, 0.1) is 6.92 Å². The van der Waals surface area contributed by atoms with E-state index >= 15 is 0 Å². The first kappa shape index (κ1) is 12.3. The van der Waals surface area contributed by atoms with Crippen molar-refractivity contribution in [2.45, 2.75) is 6.92 Å². The Morgan fingerprint density at radius 3 is 2.94 bits per heavy atom. The minimum absolute atomic E-state index is 0.127. The van der Waals surface area contributed by atoms with E-state index in [1.807, 2.05) is 18.4 Å². The topological polar surface area (TPSA) is 64.5 Å². The molecule has 0 spiro atoms. The SMILES string of the molecule is Cc1ccsc1/C=N\Nc1cccc(C(=O)[O-])c1. The molecule has 0 saturated carbocycles. The summed E-state index contributed by atoms with van der Waals surface area (Å²) in [5.41, 5.74) is 4.69. The number of anilines is 1. The summed E-state index contributed by atoms with van der Waals surface area (Å²) in [6, 6.07) is 8.36. The molecule has 1 aromatic carbocycles. The molecule has 0 aliphatic rings. The average Bonchev–Trinajstić information content (AvgIpc) is 2.76. The molecule has 0 amide bonds. The second-order valence-corrected chi connectivity index (χ2v) is 4.65. The lowest BCUT2D eigenvalue weighted by atomic mass is 10.2. The van der Waals surface area contributed by atoms with E-state index in [1.165, 1.54) is 12.1 Å². The number of hydrogen-bond donors (Lipinski definition) is 1. The van der Waals surface area contributed by atoms with Gasteiger partial charge >= 0.3 is 0 Å². The second kappa shape index (κ2) is 5.46. The van der Waals surface area contributed by atoms with Gasteiger partial charge in [0.15, 0.2) is 0 Å². The van der Waals surface area contributed by atoms with Gasteiger partial charge in [-0.15, -0.1) is 11.3 Å². The highest BCUT2D eigenvalue weighted by molar-refractivity contribution is 7.11. The summed E-state index contributed by atoms with van der Waals surface area (Å²) in [5, 5.41) is 16.7.